The molecule has 0 radical (unpaired) electrons. The van der Waals surface area contributed by atoms with E-state index in [1.54, 1.807) is 36.4 Å². The monoisotopic (exact) mass is 637 g/mol. The van der Waals surface area contributed by atoms with Crippen LogP contribution in [0, 0.1) is 20.8 Å². The minimum Gasteiger partial charge on any atom is -0.545 e. The second kappa shape index (κ2) is 17.0. The third-order valence-corrected chi connectivity index (χ3v) is 10.6. The Bertz CT molecular complexity index is 1480. The molecule has 212 valence electrons. The van der Waals surface area contributed by atoms with Crippen molar-refractivity contribution in [2.45, 2.75) is 48.3 Å². The van der Waals surface area contributed by atoms with Crippen LogP contribution in [0.3, 0.4) is 0 Å². The first kappa shape index (κ1) is 38.4. The molecule has 3 aromatic carbocycles. The molecule has 0 fully saturated rings. The SMILES string of the molecule is Cc1ccc(S(=O)(=O)[N-]CCCN(CCC[N-]S(=O)(=O)c2ccc(C)cc2)S(=O)(=O)c2ccc(C)cc2)cc1.[Na+].[Na+]. The van der Waals surface area contributed by atoms with Crippen LogP contribution in [0.2, 0.25) is 0 Å². The van der Waals surface area contributed by atoms with Gasteiger partial charge < -0.3 is 9.44 Å². The quantitative estimate of drug-likeness (QED) is 0.163. The van der Waals surface area contributed by atoms with Crippen LogP contribution in [0.15, 0.2) is 87.5 Å². The maximum atomic E-state index is 13.4. The molecule has 0 saturated carbocycles. The van der Waals surface area contributed by atoms with E-state index < -0.39 is 30.1 Å². The number of hydrogen-bond donors (Lipinski definition) is 0. The summed E-state index contributed by atoms with van der Waals surface area (Å²) >= 11 is 0. The van der Waals surface area contributed by atoms with E-state index in [1.165, 1.54) is 40.7 Å². The zero-order chi connectivity index (χ0) is 28.7. The Morgan fingerprint density at radius 1 is 0.512 bits per heavy atom. The Morgan fingerprint density at radius 3 is 1.12 bits per heavy atom. The van der Waals surface area contributed by atoms with Crippen molar-refractivity contribution in [1.29, 1.82) is 0 Å². The fourth-order valence-corrected chi connectivity index (χ4v) is 7.16. The van der Waals surface area contributed by atoms with Crippen molar-refractivity contribution >= 4 is 30.1 Å². The minimum absolute atomic E-state index is 0. The molecule has 0 unspecified atom stereocenters. The summed E-state index contributed by atoms with van der Waals surface area (Å²) in [5.41, 5.74) is 2.74. The Morgan fingerprint density at radius 2 is 0.805 bits per heavy atom. The molecule has 3 rings (SSSR count). The van der Waals surface area contributed by atoms with Crippen molar-refractivity contribution in [1.82, 2.24) is 4.31 Å². The molecule has 0 aromatic heterocycles. The molecular formula is C27H33N3Na2O6S3. The molecular weight excluding hydrogens is 604 g/mol. The molecule has 0 atom stereocenters. The summed E-state index contributed by atoms with van der Waals surface area (Å²) in [6, 6.07) is 19.1. The zero-order valence-corrected chi connectivity index (χ0v) is 30.6. The van der Waals surface area contributed by atoms with E-state index in [2.05, 4.69) is 9.44 Å². The van der Waals surface area contributed by atoms with E-state index in [0.29, 0.717) is 0 Å². The third kappa shape index (κ3) is 11.4. The van der Waals surface area contributed by atoms with Crippen LogP contribution >= 0.6 is 0 Å². The standard InChI is InChI=1S/C27H33N3O6S3.2Na/c1-22-6-12-25(13-7-22)37(31,32)28-18-4-20-30(39(35,36)27-16-10-24(3)11-17-27)21-5-19-29-38(33,34)26-14-8-23(2)9-15-26;;/h6-17H,4-5,18-21H2,1-3H3;;/q-2;2*+1. The summed E-state index contributed by atoms with van der Waals surface area (Å²) < 4.78 is 85.6. The van der Waals surface area contributed by atoms with E-state index in [4.69, 9.17) is 0 Å². The van der Waals surface area contributed by atoms with Crippen molar-refractivity contribution in [3.63, 3.8) is 0 Å². The van der Waals surface area contributed by atoms with Crippen LogP contribution < -0.4 is 59.1 Å². The van der Waals surface area contributed by atoms with Gasteiger partial charge in [-0.3, -0.25) is 0 Å². The Labute approximate surface area is 289 Å². The van der Waals surface area contributed by atoms with Crippen molar-refractivity contribution in [2.75, 3.05) is 26.2 Å². The van der Waals surface area contributed by atoms with Crippen LogP contribution in [0.5, 0.6) is 0 Å². The van der Waals surface area contributed by atoms with Crippen LogP contribution in [-0.2, 0) is 30.1 Å². The summed E-state index contributed by atoms with van der Waals surface area (Å²) in [5, 5.41) is 0. The molecule has 41 heavy (non-hydrogen) atoms. The Kier molecular flexibility index (Phi) is 16.0. The molecule has 0 spiro atoms. The van der Waals surface area contributed by atoms with Gasteiger partial charge in [0.25, 0.3) is 0 Å². The molecule has 0 N–H and O–H groups in total. The summed E-state index contributed by atoms with van der Waals surface area (Å²) in [6.45, 7) is 5.37. The van der Waals surface area contributed by atoms with Gasteiger partial charge >= 0.3 is 59.1 Å². The molecule has 0 aliphatic carbocycles. The average Bonchev–Trinajstić information content (AvgIpc) is 2.88. The molecule has 14 heteroatoms. The van der Waals surface area contributed by atoms with Crippen LogP contribution in [-0.4, -0.2) is 55.7 Å². The number of rotatable bonds is 14. The zero-order valence-electron chi connectivity index (χ0n) is 24.2. The average molecular weight is 638 g/mol. The second-order valence-corrected chi connectivity index (χ2v) is 14.5. The Hall–Kier alpha value is -0.610. The first-order valence-corrected chi connectivity index (χ1v) is 16.7. The summed E-state index contributed by atoms with van der Waals surface area (Å²) in [6.07, 6.45) is 0.323. The molecule has 9 nitrogen and oxygen atoms in total. The Balaban J connectivity index is 0.00000420. The van der Waals surface area contributed by atoms with Gasteiger partial charge in [-0.25, -0.2) is 25.3 Å². The van der Waals surface area contributed by atoms with Gasteiger partial charge in [0, 0.05) is 22.9 Å². The maximum Gasteiger partial charge on any atom is 1.00 e. The van der Waals surface area contributed by atoms with Gasteiger partial charge in [0.1, 0.15) is 20.0 Å². The number of benzene rings is 3. The van der Waals surface area contributed by atoms with Crippen molar-refractivity contribution in [2.24, 2.45) is 0 Å². The van der Waals surface area contributed by atoms with E-state index in [1.807, 2.05) is 20.8 Å². The first-order valence-electron chi connectivity index (χ1n) is 12.4. The topological polar surface area (TPSA) is 134 Å². The van der Waals surface area contributed by atoms with Crippen LogP contribution in [0.25, 0.3) is 9.44 Å². The fraction of sp³-hybridized carbons (Fsp3) is 0.333. The largest absolute Gasteiger partial charge is 1.00 e. The van der Waals surface area contributed by atoms with Crippen molar-refractivity contribution in [3.8, 4) is 0 Å². The van der Waals surface area contributed by atoms with Gasteiger partial charge in [0.15, 0.2) is 0 Å². The molecule has 0 amide bonds. The second-order valence-electron chi connectivity index (χ2n) is 9.21. The summed E-state index contributed by atoms with van der Waals surface area (Å²) in [7, 11) is -11.6. The van der Waals surface area contributed by atoms with Gasteiger partial charge in [-0.05, 0) is 57.2 Å². The van der Waals surface area contributed by atoms with E-state index in [9.17, 15) is 25.3 Å². The van der Waals surface area contributed by atoms with Crippen LogP contribution in [0.1, 0.15) is 29.5 Å². The molecule has 0 aliphatic rings. The molecule has 0 aliphatic heterocycles. The van der Waals surface area contributed by atoms with E-state index >= 15 is 0 Å². The molecule has 0 saturated heterocycles. The normalized spacial score (nSPS) is 12.0. The summed E-state index contributed by atoms with van der Waals surface area (Å²) in [4.78, 5) is 0.254. The van der Waals surface area contributed by atoms with E-state index in [0.717, 1.165) is 16.7 Å². The third-order valence-electron chi connectivity index (χ3n) is 5.95. The number of aryl methyl sites for hydroxylation is 3. The number of sulfonamides is 3. The summed E-state index contributed by atoms with van der Waals surface area (Å²) in [5.74, 6) is 0. The predicted octanol–water partition coefficient (Wildman–Crippen LogP) is -1.08. The maximum absolute atomic E-state index is 13.4. The van der Waals surface area contributed by atoms with Crippen LogP contribution in [0.4, 0.5) is 0 Å². The minimum atomic E-state index is -3.91. The molecule has 3 aromatic rings. The molecule has 0 heterocycles. The predicted molar refractivity (Wildman–Crippen MR) is 152 cm³/mol. The molecule has 0 bridgehead atoms. The van der Waals surface area contributed by atoms with Gasteiger partial charge in [0.2, 0.25) is 10.0 Å². The fourth-order valence-electron chi connectivity index (χ4n) is 3.64. The number of nitrogens with zero attached hydrogens (tertiary/aromatic N) is 3. The number of hydrogen-bond acceptors (Lipinski definition) is 6. The van der Waals surface area contributed by atoms with Gasteiger partial charge in [-0.15, -0.1) is 13.1 Å². The van der Waals surface area contributed by atoms with Gasteiger partial charge in [-0.2, -0.15) is 4.31 Å². The van der Waals surface area contributed by atoms with Crippen molar-refractivity contribution < 1.29 is 84.4 Å². The van der Waals surface area contributed by atoms with Crippen molar-refractivity contribution in [3.05, 3.63) is 98.9 Å². The van der Waals surface area contributed by atoms with Gasteiger partial charge in [-0.1, -0.05) is 65.9 Å². The van der Waals surface area contributed by atoms with E-state index in [-0.39, 0.29) is 113 Å². The van der Waals surface area contributed by atoms with Gasteiger partial charge in [0.05, 0.1) is 4.90 Å². The smallest absolute Gasteiger partial charge is 0.545 e. The first-order chi connectivity index (χ1) is 18.3.